The van der Waals surface area contributed by atoms with Crippen LogP contribution in [0.5, 0.6) is 0 Å². The number of hydrogen-bond acceptors (Lipinski definition) is 5. The van der Waals surface area contributed by atoms with E-state index in [9.17, 15) is 14.4 Å². The molecule has 0 saturated carbocycles. The van der Waals surface area contributed by atoms with Crippen molar-refractivity contribution >= 4 is 17.8 Å². The van der Waals surface area contributed by atoms with Crippen LogP contribution in [0.4, 0.5) is 0 Å². The van der Waals surface area contributed by atoms with Crippen LogP contribution in [0, 0.1) is 0 Å². The van der Waals surface area contributed by atoms with Crippen molar-refractivity contribution in [1.82, 2.24) is 4.90 Å². The molecule has 0 fully saturated rings. The fourth-order valence-electron chi connectivity index (χ4n) is 2.73. The summed E-state index contributed by atoms with van der Waals surface area (Å²) in [6.45, 7) is -0.151. The molecule has 3 rings (SSSR count). The summed E-state index contributed by atoms with van der Waals surface area (Å²) < 4.78 is 18.7. The Balaban J connectivity index is 1.79. The van der Waals surface area contributed by atoms with Crippen molar-refractivity contribution in [3.8, 4) is 0 Å². The number of hydrogen-bond donors (Lipinski definition) is 0. The normalized spacial score (nSPS) is 16.0. The van der Waals surface area contributed by atoms with Gasteiger partial charge in [0.15, 0.2) is 0 Å². The smallest absolute Gasteiger partial charge is 0.302 e. The third kappa shape index (κ3) is 3.81. The lowest BCUT2D eigenvalue weighted by atomic mass is 10.1. The Labute approximate surface area is 152 Å². The number of benzene rings is 2. The quantitative estimate of drug-likeness (QED) is 0.564. The molecule has 6 heteroatoms. The van der Waals surface area contributed by atoms with Gasteiger partial charge in [-0.1, -0.05) is 42.5 Å². The first kappa shape index (κ1) is 16.5. The number of ether oxygens (including phenoxy) is 2. The van der Waals surface area contributed by atoms with Crippen molar-refractivity contribution in [2.45, 2.75) is 19.6 Å². The van der Waals surface area contributed by atoms with Crippen molar-refractivity contribution < 1.29 is 25.2 Å². The molecular formula is C20H19NO5. The molecule has 0 radical (unpaired) electrons. The zero-order valence-corrected chi connectivity index (χ0v) is 14.3. The Kier molecular flexibility index (Phi) is 5.02. The fourth-order valence-corrected chi connectivity index (χ4v) is 2.73. The third-order valence-electron chi connectivity index (χ3n) is 3.95. The highest BCUT2D eigenvalue weighted by Gasteiger charge is 2.40. The maximum atomic E-state index is 12.7. The topological polar surface area (TPSA) is 72.9 Å². The van der Waals surface area contributed by atoms with Crippen molar-refractivity contribution in [1.29, 1.82) is 0 Å². The minimum Gasteiger partial charge on any atom is -0.464 e. The molecule has 2 atom stereocenters. The second-order valence-electron chi connectivity index (χ2n) is 5.84. The third-order valence-corrected chi connectivity index (χ3v) is 3.95. The number of esters is 1. The van der Waals surface area contributed by atoms with Crippen molar-refractivity contribution in [2.24, 2.45) is 0 Å². The molecule has 1 aliphatic heterocycles. The van der Waals surface area contributed by atoms with E-state index in [2.05, 4.69) is 0 Å². The average molecular weight is 354 g/mol. The van der Waals surface area contributed by atoms with E-state index in [1.54, 1.807) is 24.3 Å². The standard InChI is InChI=1S/C20H19NO5/c1-14(22)26-13-16(12-25-11-15-7-3-2-4-8-15)21-19(23)17-9-5-6-10-18(17)20(21)24/h2-10,16H,11-13H2,1H3/t16-/m0/s1/i13D/t13-,16-. The Morgan fingerprint density at radius 2 is 1.62 bits per heavy atom. The highest BCUT2D eigenvalue weighted by Crippen LogP contribution is 2.25. The van der Waals surface area contributed by atoms with E-state index in [-0.39, 0.29) is 24.3 Å². The average Bonchev–Trinajstić information content (AvgIpc) is 2.90. The lowest BCUT2D eigenvalue weighted by molar-refractivity contribution is -0.143. The lowest BCUT2D eigenvalue weighted by Crippen LogP contribution is -2.45. The van der Waals surface area contributed by atoms with Crippen molar-refractivity contribution in [2.75, 3.05) is 13.2 Å². The molecule has 0 N–H and O–H groups in total. The second kappa shape index (κ2) is 7.93. The SMILES string of the molecule is [2H][C@H](OC(C)=O)[C@H](COCc1ccccc1)N1C(=O)c2ccccc2C1=O. The maximum Gasteiger partial charge on any atom is 0.302 e. The van der Waals surface area contributed by atoms with Gasteiger partial charge < -0.3 is 9.47 Å². The van der Waals surface area contributed by atoms with Crippen LogP contribution in [-0.2, 0) is 20.9 Å². The predicted molar refractivity (Wildman–Crippen MR) is 93.5 cm³/mol. The van der Waals surface area contributed by atoms with E-state index in [0.29, 0.717) is 0 Å². The Hall–Kier alpha value is -2.99. The van der Waals surface area contributed by atoms with E-state index < -0.39 is 30.4 Å². The molecular weight excluding hydrogens is 334 g/mol. The molecule has 2 aromatic carbocycles. The van der Waals surface area contributed by atoms with Gasteiger partial charge >= 0.3 is 5.97 Å². The molecule has 2 amide bonds. The summed E-state index contributed by atoms with van der Waals surface area (Å²) in [6.07, 6.45) is 0. The zero-order chi connectivity index (χ0) is 19.4. The van der Waals surface area contributed by atoms with Crippen LogP contribution >= 0.6 is 0 Å². The Morgan fingerprint density at radius 3 is 2.19 bits per heavy atom. The van der Waals surface area contributed by atoms with Crippen LogP contribution in [0.15, 0.2) is 54.6 Å². The van der Waals surface area contributed by atoms with E-state index in [0.717, 1.165) is 10.5 Å². The van der Waals surface area contributed by atoms with Crippen molar-refractivity contribution in [3.63, 3.8) is 0 Å². The van der Waals surface area contributed by atoms with Gasteiger partial charge in [-0.15, -0.1) is 0 Å². The lowest BCUT2D eigenvalue weighted by Gasteiger charge is -2.25. The predicted octanol–water partition coefficient (Wildman–Crippen LogP) is 2.43. The molecule has 1 heterocycles. The number of imide groups is 1. The van der Waals surface area contributed by atoms with E-state index in [4.69, 9.17) is 10.8 Å². The monoisotopic (exact) mass is 354 g/mol. The molecule has 134 valence electrons. The highest BCUT2D eigenvalue weighted by atomic mass is 16.5. The van der Waals surface area contributed by atoms with Gasteiger partial charge in [0.1, 0.15) is 6.58 Å². The van der Waals surface area contributed by atoms with Crippen molar-refractivity contribution in [3.05, 3.63) is 71.3 Å². The van der Waals surface area contributed by atoms with Gasteiger partial charge in [-0.25, -0.2) is 0 Å². The summed E-state index contributed by atoms with van der Waals surface area (Å²) in [7, 11) is 0. The van der Waals surface area contributed by atoms with Gasteiger partial charge in [-0.3, -0.25) is 19.3 Å². The van der Waals surface area contributed by atoms with Crippen LogP contribution in [0.2, 0.25) is 0 Å². The number of amides is 2. The first-order valence-corrected chi connectivity index (χ1v) is 8.17. The van der Waals surface area contributed by atoms with Gasteiger partial charge in [0.2, 0.25) is 0 Å². The molecule has 0 unspecified atom stereocenters. The Morgan fingerprint density at radius 1 is 1.04 bits per heavy atom. The number of carbonyl (C=O) groups excluding carboxylic acids is 3. The van der Waals surface area contributed by atoms with E-state index >= 15 is 0 Å². The second-order valence-corrected chi connectivity index (χ2v) is 5.84. The first-order valence-electron chi connectivity index (χ1n) is 8.75. The van der Waals surface area contributed by atoms with Gasteiger partial charge in [-0.05, 0) is 17.7 Å². The van der Waals surface area contributed by atoms with Gasteiger partial charge in [0.25, 0.3) is 11.8 Å². The van der Waals surface area contributed by atoms with Crippen LogP contribution in [0.3, 0.4) is 0 Å². The molecule has 0 aromatic heterocycles. The minimum absolute atomic E-state index is 0.123. The summed E-state index contributed by atoms with van der Waals surface area (Å²) in [5, 5.41) is 0. The largest absolute Gasteiger partial charge is 0.464 e. The fraction of sp³-hybridized carbons (Fsp3) is 0.250. The highest BCUT2D eigenvalue weighted by molar-refractivity contribution is 6.21. The minimum atomic E-state index is -1.44. The molecule has 0 aliphatic carbocycles. The Bertz CT molecular complexity index is 819. The number of carbonyl (C=O) groups is 3. The maximum absolute atomic E-state index is 12.7. The summed E-state index contributed by atoms with van der Waals surface area (Å²) in [5.41, 5.74) is 1.45. The van der Waals surface area contributed by atoms with Crippen LogP contribution in [0.1, 0.15) is 34.6 Å². The molecule has 0 bridgehead atoms. The van der Waals surface area contributed by atoms with E-state index in [1.165, 1.54) is 6.92 Å². The van der Waals surface area contributed by atoms with Crippen LogP contribution in [0.25, 0.3) is 0 Å². The van der Waals surface area contributed by atoms with Crippen LogP contribution in [-0.4, -0.2) is 41.9 Å². The molecule has 2 aromatic rings. The summed E-state index contributed by atoms with van der Waals surface area (Å²) >= 11 is 0. The summed E-state index contributed by atoms with van der Waals surface area (Å²) in [4.78, 5) is 37.6. The number of rotatable bonds is 7. The molecule has 26 heavy (non-hydrogen) atoms. The van der Waals surface area contributed by atoms with Gasteiger partial charge in [0.05, 0.1) is 31.8 Å². The number of fused-ring (bicyclic) bond motifs is 1. The number of nitrogens with zero attached hydrogens (tertiary/aromatic N) is 1. The first-order chi connectivity index (χ1) is 13.0. The molecule has 0 spiro atoms. The molecule has 6 nitrogen and oxygen atoms in total. The molecule has 0 saturated heterocycles. The van der Waals surface area contributed by atoms with E-state index in [1.807, 2.05) is 30.3 Å². The summed E-state index contributed by atoms with van der Waals surface area (Å²) in [6, 6.07) is 14.8. The van der Waals surface area contributed by atoms with Gasteiger partial charge in [0, 0.05) is 6.92 Å². The van der Waals surface area contributed by atoms with Gasteiger partial charge in [-0.2, -0.15) is 0 Å². The van der Waals surface area contributed by atoms with Crippen LogP contribution < -0.4 is 0 Å². The zero-order valence-electron chi connectivity index (χ0n) is 15.3. The molecule has 1 aliphatic rings. The summed E-state index contributed by atoms with van der Waals surface area (Å²) in [5.74, 6) is -1.71.